The lowest BCUT2D eigenvalue weighted by atomic mass is 10.2. The van der Waals surface area contributed by atoms with Gasteiger partial charge in [0.15, 0.2) is 0 Å². The summed E-state index contributed by atoms with van der Waals surface area (Å²) in [4.78, 5) is 15.8. The predicted octanol–water partition coefficient (Wildman–Crippen LogP) is 3.89. The Morgan fingerprint density at radius 3 is 2.78 bits per heavy atom. The van der Waals surface area contributed by atoms with E-state index in [-0.39, 0.29) is 10.9 Å². The number of pyridine rings is 1. The first-order chi connectivity index (χ1) is 8.56. The van der Waals surface area contributed by atoms with Crippen molar-refractivity contribution in [3.05, 3.63) is 57.5 Å². The van der Waals surface area contributed by atoms with E-state index in [2.05, 4.69) is 26.2 Å². The average Bonchev–Trinajstić information content (AvgIpc) is 2.32. The van der Waals surface area contributed by atoms with Gasteiger partial charge in [0.25, 0.3) is 5.91 Å². The monoisotopic (exact) mass is 328 g/mol. The summed E-state index contributed by atoms with van der Waals surface area (Å²) < 4.78 is 13.4. The molecule has 0 bridgehead atoms. The van der Waals surface area contributed by atoms with Crippen LogP contribution >= 0.6 is 27.5 Å². The van der Waals surface area contributed by atoms with Crippen molar-refractivity contribution in [3.63, 3.8) is 0 Å². The van der Waals surface area contributed by atoms with Crippen LogP contribution in [0.5, 0.6) is 0 Å². The fourth-order valence-corrected chi connectivity index (χ4v) is 1.91. The van der Waals surface area contributed by atoms with E-state index in [9.17, 15) is 9.18 Å². The van der Waals surface area contributed by atoms with Crippen molar-refractivity contribution in [1.82, 2.24) is 4.98 Å². The van der Waals surface area contributed by atoms with Gasteiger partial charge in [-0.2, -0.15) is 0 Å². The van der Waals surface area contributed by atoms with Gasteiger partial charge in [0.05, 0.1) is 10.7 Å². The Kier molecular flexibility index (Phi) is 3.93. The van der Waals surface area contributed by atoms with Gasteiger partial charge in [-0.15, -0.1) is 0 Å². The van der Waals surface area contributed by atoms with E-state index in [0.717, 1.165) is 6.07 Å². The molecule has 1 N–H and O–H groups in total. The molecule has 92 valence electrons. The smallest absolute Gasteiger partial charge is 0.255 e. The third kappa shape index (κ3) is 3.05. The highest BCUT2D eigenvalue weighted by molar-refractivity contribution is 9.10. The van der Waals surface area contributed by atoms with E-state index in [1.54, 1.807) is 12.1 Å². The number of anilines is 1. The highest BCUT2D eigenvalue weighted by atomic mass is 79.9. The zero-order valence-electron chi connectivity index (χ0n) is 8.95. The van der Waals surface area contributed by atoms with Gasteiger partial charge in [-0.25, -0.2) is 9.37 Å². The molecule has 0 aliphatic rings. The lowest BCUT2D eigenvalue weighted by molar-refractivity contribution is 0.102. The largest absolute Gasteiger partial charge is 0.321 e. The minimum absolute atomic E-state index is 0.150. The molecule has 6 heteroatoms. The van der Waals surface area contributed by atoms with Crippen LogP contribution in [0.25, 0.3) is 0 Å². The summed E-state index contributed by atoms with van der Waals surface area (Å²) in [6, 6.07) is 6.92. The fourth-order valence-electron chi connectivity index (χ4n) is 1.33. The molecule has 0 spiro atoms. The van der Waals surface area contributed by atoms with Crippen molar-refractivity contribution < 1.29 is 9.18 Å². The van der Waals surface area contributed by atoms with Crippen LogP contribution in [-0.2, 0) is 0 Å². The molecule has 0 aliphatic heterocycles. The number of rotatable bonds is 2. The SMILES string of the molecule is O=C(Nc1ccc(F)cc1Cl)c1ccnc(Br)c1. The Balaban J connectivity index is 2.21. The van der Waals surface area contributed by atoms with Gasteiger partial charge >= 0.3 is 0 Å². The Morgan fingerprint density at radius 2 is 2.11 bits per heavy atom. The number of hydrogen-bond donors (Lipinski definition) is 1. The molecule has 18 heavy (non-hydrogen) atoms. The average molecular weight is 330 g/mol. The maximum absolute atomic E-state index is 12.8. The zero-order chi connectivity index (χ0) is 13.1. The standard InChI is InChI=1S/C12H7BrClFN2O/c13-11-5-7(3-4-16-11)12(18)17-10-2-1-8(15)6-9(10)14/h1-6H,(H,17,18). The van der Waals surface area contributed by atoms with Crippen molar-refractivity contribution in [3.8, 4) is 0 Å². The van der Waals surface area contributed by atoms with Crippen molar-refractivity contribution in [2.45, 2.75) is 0 Å². The quantitative estimate of drug-likeness (QED) is 0.849. The number of halogens is 3. The molecule has 0 fully saturated rings. The lowest BCUT2D eigenvalue weighted by Crippen LogP contribution is -2.12. The van der Waals surface area contributed by atoms with Crippen LogP contribution in [0, 0.1) is 5.82 Å². The number of amides is 1. The predicted molar refractivity (Wildman–Crippen MR) is 71.3 cm³/mol. The molecule has 0 atom stereocenters. The lowest BCUT2D eigenvalue weighted by Gasteiger charge is -2.07. The molecule has 1 aromatic carbocycles. The van der Waals surface area contributed by atoms with E-state index in [0.29, 0.717) is 15.9 Å². The number of benzene rings is 1. The second-order valence-corrected chi connectivity index (χ2v) is 4.67. The topological polar surface area (TPSA) is 42.0 Å². The Hall–Kier alpha value is -1.46. The Bertz CT molecular complexity index is 606. The van der Waals surface area contributed by atoms with Crippen LogP contribution in [0.2, 0.25) is 5.02 Å². The molecule has 0 saturated carbocycles. The van der Waals surface area contributed by atoms with Crippen LogP contribution in [0.3, 0.4) is 0 Å². The first kappa shape index (κ1) is 13.0. The molecule has 0 saturated heterocycles. The summed E-state index contributed by atoms with van der Waals surface area (Å²) in [5.41, 5.74) is 0.785. The number of aromatic nitrogens is 1. The van der Waals surface area contributed by atoms with Gasteiger partial charge in [-0.05, 0) is 46.3 Å². The van der Waals surface area contributed by atoms with Crippen molar-refractivity contribution in [2.75, 3.05) is 5.32 Å². The third-order valence-electron chi connectivity index (χ3n) is 2.17. The zero-order valence-corrected chi connectivity index (χ0v) is 11.3. The van der Waals surface area contributed by atoms with E-state index < -0.39 is 5.82 Å². The van der Waals surface area contributed by atoms with Crippen LogP contribution in [-0.4, -0.2) is 10.9 Å². The number of nitrogens with zero attached hydrogens (tertiary/aromatic N) is 1. The van der Waals surface area contributed by atoms with Gasteiger partial charge in [-0.3, -0.25) is 4.79 Å². The maximum Gasteiger partial charge on any atom is 0.255 e. The first-order valence-electron chi connectivity index (χ1n) is 4.94. The molecule has 2 rings (SSSR count). The van der Waals surface area contributed by atoms with Gasteiger partial charge in [-0.1, -0.05) is 11.6 Å². The van der Waals surface area contributed by atoms with E-state index in [4.69, 9.17) is 11.6 Å². The van der Waals surface area contributed by atoms with Crippen molar-refractivity contribution in [2.24, 2.45) is 0 Å². The van der Waals surface area contributed by atoms with Gasteiger partial charge in [0, 0.05) is 11.8 Å². The molecular formula is C12H7BrClFN2O. The van der Waals surface area contributed by atoms with Gasteiger partial charge < -0.3 is 5.32 Å². The second kappa shape index (κ2) is 5.46. The van der Waals surface area contributed by atoms with Crippen LogP contribution in [0.4, 0.5) is 10.1 Å². The number of nitrogens with one attached hydrogen (secondary N) is 1. The van der Waals surface area contributed by atoms with Gasteiger partial charge in [0.2, 0.25) is 0 Å². The molecule has 1 amide bonds. The van der Waals surface area contributed by atoms with Crippen LogP contribution < -0.4 is 5.32 Å². The summed E-state index contributed by atoms with van der Waals surface area (Å²) in [6.45, 7) is 0. The second-order valence-electron chi connectivity index (χ2n) is 3.45. The van der Waals surface area contributed by atoms with Gasteiger partial charge in [0.1, 0.15) is 10.4 Å². The van der Waals surface area contributed by atoms with E-state index >= 15 is 0 Å². The number of carbonyl (C=O) groups is 1. The Labute approximate surface area is 116 Å². The highest BCUT2D eigenvalue weighted by Crippen LogP contribution is 2.23. The summed E-state index contributed by atoms with van der Waals surface area (Å²) in [5.74, 6) is -0.795. The maximum atomic E-state index is 12.8. The molecule has 0 radical (unpaired) electrons. The normalized spacial score (nSPS) is 10.2. The summed E-state index contributed by atoms with van der Waals surface area (Å²) >= 11 is 8.99. The van der Waals surface area contributed by atoms with Crippen LogP contribution in [0.15, 0.2) is 41.1 Å². The molecule has 1 aromatic heterocycles. The summed E-state index contributed by atoms with van der Waals surface area (Å²) in [7, 11) is 0. The number of carbonyl (C=O) groups excluding carboxylic acids is 1. The fraction of sp³-hybridized carbons (Fsp3) is 0. The van der Waals surface area contributed by atoms with Crippen molar-refractivity contribution >= 4 is 39.1 Å². The van der Waals surface area contributed by atoms with Crippen molar-refractivity contribution in [1.29, 1.82) is 0 Å². The summed E-state index contributed by atoms with van der Waals surface area (Å²) in [6.07, 6.45) is 1.51. The highest BCUT2D eigenvalue weighted by Gasteiger charge is 2.09. The minimum atomic E-state index is -0.454. The summed E-state index contributed by atoms with van der Waals surface area (Å²) in [5, 5.41) is 2.74. The number of hydrogen-bond acceptors (Lipinski definition) is 2. The molecule has 1 heterocycles. The molecule has 2 aromatic rings. The van der Waals surface area contributed by atoms with E-state index in [1.807, 2.05) is 0 Å². The molecule has 3 nitrogen and oxygen atoms in total. The third-order valence-corrected chi connectivity index (χ3v) is 2.91. The van der Waals surface area contributed by atoms with E-state index in [1.165, 1.54) is 18.3 Å². The first-order valence-corrected chi connectivity index (χ1v) is 6.11. The van der Waals surface area contributed by atoms with Crippen LogP contribution in [0.1, 0.15) is 10.4 Å². The Morgan fingerprint density at radius 1 is 1.33 bits per heavy atom. The minimum Gasteiger partial charge on any atom is -0.321 e. The molecular weight excluding hydrogens is 322 g/mol. The molecule has 0 unspecified atom stereocenters. The molecule has 0 aliphatic carbocycles.